The Balaban J connectivity index is 1.30. The van der Waals surface area contributed by atoms with Crippen LogP contribution in [-0.2, 0) is 17.9 Å². The molecule has 5 nitrogen and oxygen atoms in total. The van der Waals surface area contributed by atoms with Crippen LogP contribution in [0.4, 0.5) is 8.78 Å². The molecule has 1 aromatic heterocycles. The number of pyridine rings is 1. The highest BCUT2D eigenvalue weighted by Crippen LogP contribution is 2.43. The molecule has 2 aliphatic heterocycles. The molecule has 2 fully saturated rings. The molecular weight excluding hydrogens is 386 g/mol. The number of piperidine rings is 1. The van der Waals surface area contributed by atoms with Crippen LogP contribution >= 0.6 is 0 Å². The van der Waals surface area contributed by atoms with Gasteiger partial charge in [-0.05, 0) is 74.6 Å². The van der Waals surface area contributed by atoms with E-state index in [0.717, 1.165) is 50.7 Å². The van der Waals surface area contributed by atoms with Crippen molar-refractivity contribution in [1.29, 1.82) is 0 Å². The van der Waals surface area contributed by atoms with Gasteiger partial charge in [0.25, 0.3) is 0 Å². The molecule has 1 spiro atoms. The molecule has 0 bridgehead atoms. The fourth-order valence-corrected chi connectivity index (χ4v) is 4.87. The molecule has 0 aliphatic carbocycles. The van der Waals surface area contributed by atoms with Gasteiger partial charge in [-0.15, -0.1) is 0 Å². The molecule has 1 aromatic carbocycles. The molecule has 1 amide bonds. The second kappa shape index (κ2) is 8.78. The lowest BCUT2D eigenvalue weighted by Gasteiger charge is -2.39. The molecule has 30 heavy (non-hydrogen) atoms. The number of likely N-dealkylation sites (tertiary alicyclic amines) is 2. The van der Waals surface area contributed by atoms with Crippen LogP contribution in [0.15, 0.2) is 42.6 Å². The molecule has 0 radical (unpaired) electrons. The minimum atomic E-state index is -0.532. The highest BCUT2D eigenvalue weighted by Gasteiger charge is 2.46. The van der Waals surface area contributed by atoms with Crippen LogP contribution in [-0.4, -0.2) is 53.4 Å². The van der Waals surface area contributed by atoms with Gasteiger partial charge in [-0.2, -0.15) is 0 Å². The number of likely N-dealkylation sites (N-methyl/N-ethyl adjacent to an activating group) is 1. The van der Waals surface area contributed by atoms with Crippen LogP contribution in [0.25, 0.3) is 0 Å². The number of hydrogen-bond acceptors (Lipinski definition) is 4. The number of aromatic nitrogens is 1. The van der Waals surface area contributed by atoms with Crippen LogP contribution < -0.4 is 5.32 Å². The Labute approximate surface area is 176 Å². The Morgan fingerprint density at radius 3 is 2.60 bits per heavy atom. The first-order chi connectivity index (χ1) is 14.4. The summed E-state index contributed by atoms with van der Waals surface area (Å²) in [5, 5.41) is 3.02. The Hall–Kier alpha value is -2.38. The molecule has 1 atom stereocenters. The molecule has 2 saturated heterocycles. The summed E-state index contributed by atoms with van der Waals surface area (Å²) in [6, 6.07) is 9.26. The summed E-state index contributed by atoms with van der Waals surface area (Å²) in [6.45, 7) is 3.63. The van der Waals surface area contributed by atoms with Crippen LogP contribution in [0.5, 0.6) is 0 Å². The summed E-state index contributed by atoms with van der Waals surface area (Å²) in [7, 11) is 2.02. The molecule has 0 saturated carbocycles. The average Bonchev–Trinajstić information content (AvgIpc) is 3.04. The van der Waals surface area contributed by atoms with Gasteiger partial charge in [0.05, 0.1) is 18.3 Å². The van der Waals surface area contributed by atoms with Gasteiger partial charge < -0.3 is 5.32 Å². The van der Waals surface area contributed by atoms with Crippen molar-refractivity contribution >= 4 is 5.91 Å². The smallest absolute Gasteiger partial charge is 0.237 e. The van der Waals surface area contributed by atoms with Gasteiger partial charge in [0.15, 0.2) is 0 Å². The van der Waals surface area contributed by atoms with Crippen molar-refractivity contribution in [1.82, 2.24) is 20.1 Å². The summed E-state index contributed by atoms with van der Waals surface area (Å²) in [4.78, 5) is 21.4. The van der Waals surface area contributed by atoms with Gasteiger partial charge in [0, 0.05) is 25.4 Å². The molecule has 2 aromatic rings. The Kier molecular flexibility index (Phi) is 6.11. The second-order valence-electron chi connectivity index (χ2n) is 8.73. The molecule has 7 heteroatoms. The largest absolute Gasteiger partial charge is 0.349 e. The van der Waals surface area contributed by atoms with E-state index in [-0.39, 0.29) is 17.4 Å². The minimum Gasteiger partial charge on any atom is -0.349 e. The van der Waals surface area contributed by atoms with Gasteiger partial charge in [-0.3, -0.25) is 19.6 Å². The molecule has 3 heterocycles. The molecule has 160 valence electrons. The van der Waals surface area contributed by atoms with E-state index >= 15 is 0 Å². The highest BCUT2D eigenvalue weighted by atomic mass is 19.1. The van der Waals surface area contributed by atoms with Crippen LogP contribution in [0.1, 0.15) is 30.5 Å². The van der Waals surface area contributed by atoms with E-state index in [9.17, 15) is 13.6 Å². The van der Waals surface area contributed by atoms with Crippen LogP contribution in [0.2, 0.25) is 0 Å². The maximum atomic E-state index is 13.4. The molecule has 2 aliphatic rings. The number of nitrogens with one attached hydrogen (secondary N) is 1. The number of amides is 1. The first kappa shape index (κ1) is 20.9. The van der Waals surface area contributed by atoms with Crippen molar-refractivity contribution in [2.24, 2.45) is 5.41 Å². The zero-order valence-electron chi connectivity index (χ0n) is 17.3. The predicted octanol–water partition coefficient (Wildman–Crippen LogP) is 2.96. The van der Waals surface area contributed by atoms with E-state index in [1.54, 1.807) is 6.20 Å². The van der Waals surface area contributed by atoms with E-state index in [2.05, 4.69) is 20.1 Å². The SMILES string of the molecule is CN1CC2(CCN(Cc3cc(F)cc(F)c3)CC2)CC1C(=O)NCc1ccccn1. The molecule has 4 rings (SSSR count). The fourth-order valence-electron chi connectivity index (χ4n) is 4.87. The van der Waals surface area contributed by atoms with E-state index < -0.39 is 11.6 Å². The first-order valence-corrected chi connectivity index (χ1v) is 10.5. The average molecular weight is 415 g/mol. The number of halogens is 2. The fraction of sp³-hybridized carbons (Fsp3) is 0.478. The van der Waals surface area contributed by atoms with E-state index in [0.29, 0.717) is 18.7 Å². The third-order valence-corrected chi connectivity index (χ3v) is 6.46. The van der Waals surface area contributed by atoms with Crippen molar-refractivity contribution in [3.63, 3.8) is 0 Å². The quantitative estimate of drug-likeness (QED) is 0.817. The lowest BCUT2D eigenvalue weighted by Crippen LogP contribution is -2.41. The van der Waals surface area contributed by atoms with Crippen molar-refractivity contribution < 1.29 is 13.6 Å². The van der Waals surface area contributed by atoms with E-state index in [1.807, 2.05) is 25.2 Å². The topological polar surface area (TPSA) is 48.5 Å². The summed E-state index contributed by atoms with van der Waals surface area (Å²) < 4.78 is 26.9. The normalized spacial score (nSPS) is 21.8. The summed E-state index contributed by atoms with van der Waals surface area (Å²) in [5.41, 5.74) is 1.65. The predicted molar refractivity (Wildman–Crippen MR) is 110 cm³/mol. The molecule has 1 unspecified atom stereocenters. The van der Waals surface area contributed by atoms with Gasteiger partial charge in [0.1, 0.15) is 11.6 Å². The number of hydrogen-bond donors (Lipinski definition) is 1. The van der Waals surface area contributed by atoms with Crippen molar-refractivity contribution in [2.75, 3.05) is 26.7 Å². The maximum Gasteiger partial charge on any atom is 0.237 e. The zero-order valence-corrected chi connectivity index (χ0v) is 17.3. The number of benzene rings is 1. The van der Waals surface area contributed by atoms with Gasteiger partial charge in [0.2, 0.25) is 5.91 Å². The number of rotatable bonds is 5. The highest BCUT2D eigenvalue weighted by molar-refractivity contribution is 5.82. The minimum absolute atomic E-state index is 0.0534. The third kappa shape index (κ3) is 4.84. The van der Waals surface area contributed by atoms with Crippen molar-refractivity contribution in [2.45, 2.75) is 38.4 Å². The number of nitrogens with zero attached hydrogens (tertiary/aromatic N) is 3. The standard InChI is InChI=1S/C23H28F2N4O/c1-28-16-23(13-21(28)22(30)27-14-20-4-2-3-7-26-20)5-8-29(9-6-23)15-17-10-18(24)12-19(25)11-17/h2-4,7,10-12,21H,5-6,8-9,13-16H2,1H3,(H,27,30). The van der Waals surface area contributed by atoms with E-state index in [1.165, 1.54) is 12.1 Å². The maximum absolute atomic E-state index is 13.4. The Morgan fingerprint density at radius 2 is 1.93 bits per heavy atom. The van der Waals surface area contributed by atoms with Crippen LogP contribution in [0, 0.1) is 17.0 Å². The van der Waals surface area contributed by atoms with Gasteiger partial charge in [-0.25, -0.2) is 8.78 Å². The zero-order chi connectivity index (χ0) is 21.1. The van der Waals surface area contributed by atoms with Crippen LogP contribution in [0.3, 0.4) is 0 Å². The van der Waals surface area contributed by atoms with Crippen molar-refractivity contribution in [3.05, 3.63) is 65.5 Å². The summed E-state index contributed by atoms with van der Waals surface area (Å²) in [6.07, 6.45) is 4.54. The Bertz CT molecular complexity index is 864. The first-order valence-electron chi connectivity index (χ1n) is 10.5. The number of carbonyl (C=O) groups is 1. The Morgan fingerprint density at radius 1 is 1.20 bits per heavy atom. The monoisotopic (exact) mass is 414 g/mol. The third-order valence-electron chi connectivity index (χ3n) is 6.46. The second-order valence-corrected chi connectivity index (χ2v) is 8.73. The van der Waals surface area contributed by atoms with Crippen molar-refractivity contribution in [3.8, 4) is 0 Å². The number of carbonyl (C=O) groups excluding carboxylic acids is 1. The summed E-state index contributed by atoms with van der Waals surface area (Å²) >= 11 is 0. The molecule has 1 N–H and O–H groups in total. The molecular formula is C23H28F2N4O. The lowest BCUT2D eigenvalue weighted by molar-refractivity contribution is -0.125. The van der Waals surface area contributed by atoms with Gasteiger partial charge in [-0.1, -0.05) is 6.07 Å². The van der Waals surface area contributed by atoms with Gasteiger partial charge >= 0.3 is 0 Å². The summed E-state index contributed by atoms with van der Waals surface area (Å²) in [5.74, 6) is -1.01. The lowest BCUT2D eigenvalue weighted by atomic mass is 9.76. The van der Waals surface area contributed by atoms with E-state index in [4.69, 9.17) is 0 Å².